The van der Waals surface area contributed by atoms with Crippen LogP contribution in [0.5, 0.6) is 11.5 Å². The summed E-state index contributed by atoms with van der Waals surface area (Å²) in [5, 5.41) is 0. The molecule has 0 saturated carbocycles. The van der Waals surface area contributed by atoms with Crippen molar-refractivity contribution in [3.05, 3.63) is 95.6 Å². The van der Waals surface area contributed by atoms with Gasteiger partial charge in [0.2, 0.25) is 0 Å². The van der Waals surface area contributed by atoms with Crippen LogP contribution < -0.4 is 9.64 Å². The van der Waals surface area contributed by atoms with Gasteiger partial charge < -0.3 is 9.64 Å². The second kappa shape index (κ2) is 6.56. The highest BCUT2D eigenvalue weighted by molar-refractivity contribution is 5.91. The zero-order valence-electron chi connectivity index (χ0n) is 16.5. The number of fused-ring (bicyclic) bond motifs is 3. The molecule has 0 radical (unpaired) electrons. The topological polar surface area (TPSA) is 12.5 Å². The molecule has 1 saturated heterocycles. The standard InChI is InChI=1S/C26H25NO/c1-19-9-11-20(12-10-19)24-18-26(2)15-6-16-27(26)25-14-13-22(17-23(24)25)28-21-7-4-3-5-8-21/h3-5,7-14,17-18H,6,15-16H2,1-2H3. The zero-order valence-corrected chi connectivity index (χ0v) is 16.5. The SMILES string of the molecule is Cc1ccc(C2=CC3(C)CCCN3c3ccc(Oc4ccccc4)cc32)cc1. The first-order chi connectivity index (χ1) is 13.6. The smallest absolute Gasteiger partial charge is 0.128 e. The Bertz CT molecular complexity index is 1040. The third kappa shape index (κ3) is 2.90. The monoisotopic (exact) mass is 367 g/mol. The maximum absolute atomic E-state index is 6.14. The van der Waals surface area contributed by atoms with Gasteiger partial charge in [-0.25, -0.2) is 0 Å². The molecule has 1 fully saturated rings. The molecule has 2 nitrogen and oxygen atoms in total. The van der Waals surface area contributed by atoms with Crippen molar-refractivity contribution >= 4 is 11.3 Å². The molecule has 28 heavy (non-hydrogen) atoms. The summed E-state index contributed by atoms with van der Waals surface area (Å²) >= 11 is 0. The fourth-order valence-corrected chi connectivity index (χ4v) is 4.55. The number of aryl methyl sites for hydroxylation is 1. The Balaban J connectivity index is 1.62. The maximum atomic E-state index is 6.14. The Kier molecular flexibility index (Phi) is 4.01. The quantitative estimate of drug-likeness (QED) is 0.518. The number of nitrogens with zero attached hydrogens (tertiary/aromatic N) is 1. The van der Waals surface area contributed by atoms with Crippen LogP contribution in [-0.2, 0) is 0 Å². The van der Waals surface area contributed by atoms with E-state index in [-0.39, 0.29) is 5.54 Å². The van der Waals surface area contributed by atoms with Gasteiger partial charge in [0.25, 0.3) is 0 Å². The predicted octanol–water partition coefficient (Wildman–Crippen LogP) is 6.59. The van der Waals surface area contributed by atoms with Gasteiger partial charge in [-0.2, -0.15) is 0 Å². The molecule has 0 amide bonds. The van der Waals surface area contributed by atoms with Crippen LogP contribution in [0.2, 0.25) is 0 Å². The van der Waals surface area contributed by atoms with E-state index in [2.05, 4.69) is 67.3 Å². The molecule has 1 atom stereocenters. The molecule has 1 unspecified atom stereocenters. The maximum Gasteiger partial charge on any atom is 0.128 e. The van der Waals surface area contributed by atoms with Crippen LogP contribution in [0.25, 0.3) is 5.57 Å². The summed E-state index contributed by atoms with van der Waals surface area (Å²) in [6.07, 6.45) is 4.90. The summed E-state index contributed by atoms with van der Waals surface area (Å²) in [5.41, 5.74) is 6.55. The van der Waals surface area contributed by atoms with Crippen molar-refractivity contribution < 1.29 is 4.74 Å². The first kappa shape index (κ1) is 17.1. The summed E-state index contributed by atoms with van der Waals surface area (Å²) in [7, 11) is 0. The fourth-order valence-electron chi connectivity index (χ4n) is 4.55. The minimum atomic E-state index is 0.0923. The van der Waals surface area contributed by atoms with E-state index in [1.165, 1.54) is 40.8 Å². The largest absolute Gasteiger partial charge is 0.457 e. The van der Waals surface area contributed by atoms with Crippen molar-refractivity contribution in [3.8, 4) is 11.5 Å². The normalized spacial score (nSPS) is 20.4. The molecule has 0 N–H and O–H groups in total. The number of rotatable bonds is 3. The average molecular weight is 367 g/mol. The molecule has 2 aliphatic heterocycles. The molecule has 2 aliphatic rings. The first-order valence-electron chi connectivity index (χ1n) is 10.1. The van der Waals surface area contributed by atoms with E-state index in [0.29, 0.717) is 0 Å². The average Bonchev–Trinajstić information content (AvgIpc) is 3.10. The van der Waals surface area contributed by atoms with E-state index in [0.717, 1.165) is 18.0 Å². The lowest BCUT2D eigenvalue weighted by molar-refractivity contribution is 0.482. The molecule has 3 aromatic rings. The minimum absolute atomic E-state index is 0.0923. The van der Waals surface area contributed by atoms with Crippen LogP contribution in [0.4, 0.5) is 5.69 Å². The number of ether oxygens (including phenoxy) is 1. The summed E-state index contributed by atoms with van der Waals surface area (Å²) in [4.78, 5) is 2.56. The third-order valence-electron chi connectivity index (χ3n) is 6.03. The van der Waals surface area contributed by atoms with Gasteiger partial charge in [0.05, 0.1) is 5.54 Å². The Morgan fingerprint density at radius 3 is 2.46 bits per heavy atom. The summed E-state index contributed by atoms with van der Waals surface area (Å²) in [5.74, 6) is 1.75. The van der Waals surface area contributed by atoms with E-state index in [1.807, 2.05) is 30.3 Å². The molecular formula is C26H25NO. The second-order valence-corrected chi connectivity index (χ2v) is 8.13. The molecule has 2 heterocycles. The molecule has 0 bridgehead atoms. The molecular weight excluding hydrogens is 342 g/mol. The molecule has 0 spiro atoms. The minimum Gasteiger partial charge on any atom is -0.457 e. The van der Waals surface area contributed by atoms with Crippen LogP contribution in [0.1, 0.15) is 36.5 Å². The Morgan fingerprint density at radius 2 is 1.68 bits per heavy atom. The highest BCUT2D eigenvalue weighted by Crippen LogP contribution is 2.47. The second-order valence-electron chi connectivity index (χ2n) is 8.13. The van der Waals surface area contributed by atoms with Crippen LogP contribution in [-0.4, -0.2) is 12.1 Å². The highest BCUT2D eigenvalue weighted by Gasteiger charge is 2.40. The molecule has 3 aromatic carbocycles. The molecule has 5 rings (SSSR count). The van der Waals surface area contributed by atoms with Crippen molar-refractivity contribution in [3.63, 3.8) is 0 Å². The number of hydrogen-bond donors (Lipinski definition) is 0. The van der Waals surface area contributed by atoms with Gasteiger partial charge in [-0.15, -0.1) is 0 Å². The van der Waals surface area contributed by atoms with Gasteiger partial charge >= 0.3 is 0 Å². The summed E-state index contributed by atoms with van der Waals surface area (Å²) in [6.45, 7) is 5.62. The lowest BCUT2D eigenvalue weighted by Gasteiger charge is -2.41. The van der Waals surface area contributed by atoms with Crippen molar-refractivity contribution in [1.29, 1.82) is 0 Å². The van der Waals surface area contributed by atoms with Crippen molar-refractivity contribution in [2.24, 2.45) is 0 Å². The third-order valence-corrected chi connectivity index (χ3v) is 6.03. The summed E-state index contributed by atoms with van der Waals surface area (Å²) < 4.78 is 6.14. The van der Waals surface area contributed by atoms with Crippen molar-refractivity contribution in [1.82, 2.24) is 0 Å². The van der Waals surface area contributed by atoms with E-state index in [1.54, 1.807) is 0 Å². The lowest BCUT2D eigenvalue weighted by Crippen LogP contribution is -2.42. The molecule has 0 aliphatic carbocycles. The Labute approximate surface area is 167 Å². The van der Waals surface area contributed by atoms with Gasteiger partial charge in [-0.1, -0.05) is 54.1 Å². The van der Waals surface area contributed by atoms with E-state index >= 15 is 0 Å². The van der Waals surface area contributed by atoms with Crippen LogP contribution in [0.15, 0.2) is 78.9 Å². The number of hydrogen-bond acceptors (Lipinski definition) is 2. The molecule has 0 aromatic heterocycles. The highest BCUT2D eigenvalue weighted by atomic mass is 16.5. The fraction of sp³-hybridized carbons (Fsp3) is 0.231. The van der Waals surface area contributed by atoms with E-state index in [4.69, 9.17) is 4.74 Å². The first-order valence-corrected chi connectivity index (χ1v) is 10.1. The van der Waals surface area contributed by atoms with Crippen LogP contribution >= 0.6 is 0 Å². The van der Waals surface area contributed by atoms with Crippen LogP contribution in [0.3, 0.4) is 0 Å². The number of para-hydroxylation sites is 1. The van der Waals surface area contributed by atoms with Crippen LogP contribution in [0, 0.1) is 6.92 Å². The van der Waals surface area contributed by atoms with Crippen molar-refractivity contribution in [2.75, 3.05) is 11.4 Å². The number of benzene rings is 3. The zero-order chi connectivity index (χ0) is 19.1. The lowest BCUT2D eigenvalue weighted by atomic mass is 9.84. The van der Waals surface area contributed by atoms with Gasteiger partial charge in [0, 0.05) is 17.8 Å². The summed E-state index contributed by atoms with van der Waals surface area (Å²) in [6, 6.07) is 25.4. The van der Waals surface area contributed by atoms with Gasteiger partial charge in [0.15, 0.2) is 0 Å². The Hall–Kier alpha value is -3.00. The predicted molar refractivity (Wildman–Crippen MR) is 116 cm³/mol. The number of anilines is 1. The molecule has 2 heteroatoms. The van der Waals surface area contributed by atoms with E-state index in [9.17, 15) is 0 Å². The van der Waals surface area contributed by atoms with E-state index < -0.39 is 0 Å². The van der Waals surface area contributed by atoms with Gasteiger partial charge in [0.1, 0.15) is 11.5 Å². The van der Waals surface area contributed by atoms with Gasteiger partial charge in [-0.05, 0) is 68.2 Å². The Morgan fingerprint density at radius 1 is 0.893 bits per heavy atom. The van der Waals surface area contributed by atoms with Gasteiger partial charge in [-0.3, -0.25) is 0 Å². The molecule has 140 valence electrons. The van der Waals surface area contributed by atoms with Crippen molar-refractivity contribution in [2.45, 2.75) is 32.2 Å².